The molecule has 0 aliphatic heterocycles. The Balaban J connectivity index is 2.06. The molecule has 0 spiro atoms. The lowest BCUT2D eigenvalue weighted by molar-refractivity contribution is 0.715. The number of aromatic nitrogens is 2. The topological polar surface area (TPSA) is 43.8 Å². The smallest absolute Gasteiger partial charge is 0.131 e. The van der Waals surface area contributed by atoms with Crippen LogP contribution in [0.5, 0.6) is 0 Å². The number of imidazole rings is 1. The van der Waals surface area contributed by atoms with Crippen molar-refractivity contribution in [2.45, 2.75) is 38.5 Å². The van der Waals surface area contributed by atoms with Crippen LogP contribution in [0, 0.1) is 0 Å². The van der Waals surface area contributed by atoms with Crippen LogP contribution in [-0.4, -0.2) is 9.55 Å². The fourth-order valence-corrected chi connectivity index (χ4v) is 2.61. The normalized spacial score (nSPS) is 15.2. The maximum Gasteiger partial charge on any atom is 0.131 e. The summed E-state index contributed by atoms with van der Waals surface area (Å²) >= 11 is 0. The Kier molecular flexibility index (Phi) is 2.85. The third kappa shape index (κ3) is 2.14. The summed E-state index contributed by atoms with van der Waals surface area (Å²) in [6.45, 7) is 4.29. The van der Waals surface area contributed by atoms with Gasteiger partial charge in [-0.15, -0.1) is 0 Å². The molecule has 1 saturated carbocycles. The largest absolute Gasteiger partial charge is 0.383 e. The molecule has 3 heteroatoms. The number of nitrogen functional groups attached to an aromatic ring is 1. The van der Waals surface area contributed by atoms with Gasteiger partial charge in [0.05, 0.1) is 0 Å². The highest BCUT2D eigenvalue weighted by Gasteiger charge is 2.24. The number of anilines is 1. The van der Waals surface area contributed by atoms with Crippen molar-refractivity contribution in [3.63, 3.8) is 0 Å². The van der Waals surface area contributed by atoms with E-state index in [2.05, 4.69) is 38.1 Å². The van der Waals surface area contributed by atoms with Crippen molar-refractivity contribution in [3.8, 4) is 11.3 Å². The Hall–Kier alpha value is -1.77. The zero-order chi connectivity index (χ0) is 13.6. The molecule has 3 nitrogen and oxygen atoms in total. The van der Waals surface area contributed by atoms with E-state index in [1.54, 1.807) is 0 Å². The van der Waals surface area contributed by atoms with Crippen molar-refractivity contribution >= 4 is 5.82 Å². The summed E-state index contributed by atoms with van der Waals surface area (Å²) in [6.07, 6.45) is 2.64. The standard InChI is InChI=1S/C16H21N3/c1-10(2)16-18-14(15(17)19(16)3)13-6-4-5-12(9-13)11-7-8-11/h4-6,9-11H,7-8,17H2,1-3H3. The van der Waals surface area contributed by atoms with Gasteiger partial charge in [-0.1, -0.05) is 32.0 Å². The summed E-state index contributed by atoms with van der Waals surface area (Å²) in [4.78, 5) is 4.74. The molecule has 0 saturated heterocycles. The molecule has 0 atom stereocenters. The maximum absolute atomic E-state index is 6.22. The van der Waals surface area contributed by atoms with Crippen molar-refractivity contribution in [1.29, 1.82) is 0 Å². The molecule has 19 heavy (non-hydrogen) atoms. The molecule has 100 valence electrons. The summed E-state index contributed by atoms with van der Waals surface area (Å²) in [5.74, 6) is 2.95. The average molecular weight is 255 g/mol. The van der Waals surface area contributed by atoms with E-state index < -0.39 is 0 Å². The van der Waals surface area contributed by atoms with Gasteiger partial charge in [-0.3, -0.25) is 0 Å². The zero-order valence-corrected chi connectivity index (χ0v) is 11.9. The summed E-state index contributed by atoms with van der Waals surface area (Å²) in [6, 6.07) is 8.69. The summed E-state index contributed by atoms with van der Waals surface area (Å²) < 4.78 is 2.00. The Morgan fingerprint density at radius 3 is 2.63 bits per heavy atom. The Morgan fingerprint density at radius 2 is 2.05 bits per heavy atom. The lowest BCUT2D eigenvalue weighted by atomic mass is 10.1. The predicted octanol–water partition coefficient (Wildman–Crippen LogP) is 3.67. The Labute approximate surface area is 114 Å². The molecule has 3 rings (SSSR count). The molecule has 1 fully saturated rings. The lowest BCUT2D eigenvalue weighted by Gasteiger charge is -2.04. The zero-order valence-electron chi connectivity index (χ0n) is 11.9. The van der Waals surface area contributed by atoms with Gasteiger partial charge in [-0.2, -0.15) is 0 Å². The molecule has 1 aliphatic carbocycles. The van der Waals surface area contributed by atoms with Crippen molar-refractivity contribution < 1.29 is 0 Å². The Bertz CT molecular complexity index is 606. The molecular weight excluding hydrogens is 234 g/mol. The highest BCUT2D eigenvalue weighted by molar-refractivity contribution is 5.71. The number of hydrogen-bond acceptors (Lipinski definition) is 2. The second-order valence-corrected chi connectivity index (χ2v) is 5.82. The quantitative estimate of drug-likeness (QED) is 0.909. The molecule has 1 heterocycles. The maximum atomic E-state index is 6.22. The molecule has 1 aromatic heterocycles. The fourth-order valence-electron chi connectivity index (χ4n) is 2.61. The van der Waals surface area contributed by atoms with Gasteiger partial charge in [0.25, 0.3) is 0 Å². The van der Waals surface area contributed by atoms with E-state index in [1.807, 2.05) is 11.6 Å². The molecule has 1 aliphatic rings. The van der Waals surface area contributed by atoms with E-state index in [4.69, 9.17) is 10.7 Å². The van der Waals surface area contributed by atoms with Crippen LogP contribution in [0.2, 0.25) is 0 Å². The van der Waals surface area contributed by atoms with E-state index in [-0.39, 0.29) is 0 Å². The number of benzene rings is 1. The SMILES string of the molecule is CC(C)c1nc(-c2cccc(C3CC3)c2)c(N)n1C. The first kappa shape index (κ1) is 12.3. The summed E-state index contributed by atoms with van der Waals surface area (Å²) in [5, 5.41) is 0. The fraction of sp³-hybridized carbons (Fsp3) is 0.438. The molecule has 0 unspecified atom stereocenters. The van der Waals surface area contributed by atoms with Crippen LogP contribution in [0.15, 0.2) is 24.3 Å². The van der Waals surface area contributed by atoms with Crippen molar-refractivity contribution in [2.24, 2.45) is 7.05 Å². The molecule has 1 aromatic carbocycles. The van der Waals surface area contributed by atoms with E-state index in [1.165, 1.54) is 18.4 Å². The van der Waals surface area contributed by atoms with Crippen LogP contribution < -0.4 is 5.73 Å². The van der Waals surface area contributed by atoms with Gasteiger partial charge in [0.1, 0.15) is 17.3 Å². The highest BCUT2D eigenvalue weighted by atomic mass is 15.1. The van der Waals surface area contributed by atoms with Crippen LogP contribution in [0.1, 0.15) is 49.9 Å². The first-order valence-corrected chi connectivity index (χ1v) is 7.00. The van der Waals surface area contributed by atoms with Crippen LogP contribution in [0.25, 0.3) is 11.3 Å². The van der Waals surface area contributed by atoms with E-state index >= 15 is 0 Å². The average Bonchev–Trinajstić information content (AvgIpc) is 3.18. The van der Waals surface area contributed by atoms with Crippen molar-refractivity contribution in [3.05, 3.63) is 35.7 Å². The van der Waals surface area contributed by atoms with Crippen LogP contribution in [-0.2, 0) is 7.05 Å². The van der Waals surface area contributed by atoms with Gasteiger partial charge < -0.3 is 10.3 Å². The van der Waals surface area contributed by atoms with Crippen LogP contribution in [0.3, 0.4) is 0 Å². The van der Waals surface area contributed by atoms with Gasteiger partial charge in [0.15, 0.2) is 0 Å². The second-order valence-electron chi connectivity index (χ2n) is 5.82. The molecule has 0 amide bonds. The monoisotopic (exact) mass is 255 g/mol. The summed E-state index contributed by atoms with van der Waals surface area (Å²) in [7, 11) is 1.99. The van der Waals surface area contributed by atoms with E-state index in [0.29, 0.717) is 5.92 Å². The third-order valence-corrected chi connectivity index (χ3v) is 3.90. The lowest BCUT2D eigenvalue weighted by Crippen LogP contribution is -2.02. The van der Waals surface area contributed by atoms with Crippen LogP contribution in [0.4, 0.5) is 5.82 Å². The van der Waals surface area contributed by atoms with E-state index in [9.17, 15) is 0 Å². The van der Waals surface area contributed by atoms with Gasteiger partial charge in [-0.05, 0) is 30.4 Å². The molecule has 2 aromatic rings. The second kappa shape index (κ2) is 4.41. The van der Waals surface area contributed by atoms with Crippen molar-refractivity contribution in [2.75, 3.05) is 5.73 Å². The first-order valence-electron chi connectivity index (χ1n) is 7.00. The minimum absolute atomic E-state index is 0.382. The highest BCUT2D eigenvalue weighted by Crippen LogP contribution is 2.41. The predicted molar refractivity (Wildman–Crippen MR) is 79.1 cm³/mol. The Morgan fingerprint density at radius 1 is 1.32 bits per heavy atom. The molecule has 2 N–H and O–H groups in total. The van der Waals surface area contributed by atoms with Gasteiger partial charge in [0.2, 0.25) is 0 Å². The van der Waals surface area contributed by atoms with Crippen LogP contribution >= 0.6 is 0 Å². The number of nitrogens with zero attached hydrogens (tertiary/aromatic N) is 2. The molecule has 0 bridgehead atoms. The molecular formula is C16H21N3. The summed E-state index contributed by atoms with van der Waals surface area (Å²) in [5.41, 5.74) is 9.71. The third-order valence-electron chi connectivity index (χ3n) is 3.90. The first-order chi connectivity index (χ1) is 9.08. The minimum atomic E-state index is 0.382. The molecule has 0 radical (unpaired) electrons. The van der Waals surface area contributed by atoms with Gasteiger partial charge in [0, 0.05) is 18.5 Å². The van der Waals surface area contributed by atoms with Crippen molar-refractivity contribution in [1.82, 2.24) is 9.55 Å². The van der Waals surface area contributed by atoms with Gasteiger partial charge in [-0.25, -0.2) is 4.98 Å². The number of nitrogens with two attached hydrogens (primary N) is 1. The minimum Gasteiger partial charge on any atom is -0.383 e. The number of hydrogen-bond donors (Lipinski definition) is 1. The number of rotatable bonds is 3. The van der Waals surface area contributed by atoms with Gasteiger partial charge >= 0.3 is 0 Å². The van der Waals surface area contributed by atoms with E-state index in [0.717, 1.165) is 28.8 Å².